The zero-order valence-corrected chi connectivity index (χ0v) is 15.5. The number of nitrogens with zero attached hydrogens (tertiary/aromatic N) is 4. The van der Waals surface area contributed by atoms with Crippen LogP contribution in [0.1, 0.15) is 5.69 Å². The summed E-state index contributed by atoms with van der Waals surface area (Å²) in [6.07, 6.45) is -0.207. The van der Waals surface area contributed by atoms with Crippen LogP contribution >= 0.6 is 11.3 Å². The number of anilines is 4. The number of nitrogens with one attached hydrogen (secondary N) is 3. The van der Waals surface area contributed by atoms with E-state index in [1.165, 1.54) is 11.3 Å². The maximum absolute atomic E-state index is 10.8. The molecule has 0 spiro atoms. The lowest BCUT2D eigenvalue weighted by molar-refractivity contribution is -0.136. The van der Waals surface area contributed by atoms with E-state index in [0.29, 0.717) is 23.9 Å². The van der Waals surface area contributed by atoms with Gasteiger partial charge in [0.2, 0.25) is 17.8 Å². The van der Waals surface area contributed by atoms with Crippen LogP contribution in [0.3, 0.4) is 0 Å². The monoisotopic (exact) mass is 418 g/mol. The Hall–Kier alpha value is -2.62. The molecular formula is C12H18N8O5S2. The van der Waals surface area contributed by atoms with Gasteiger partial charge in [-0.05, 0) is 0 Å². The maximum Gasteiger partial charge on any atom is 0.309 e. The van der Waals surface area contributed by atoms with Crippen molar-refractivity contribution in [2.24, 2.45) is 5.73 Å². The fourth-order valence-electron chi connectivity index (χ4n) is 1.76. The summed E-state index contributed by atoms with van der Waals surface area (Å²) in [6, 6.07) is 0. The van der Waals surface area contributed by atoms with Crippen LogP contribution < -0.4 is 21.7 Å². The Bertz CT molecular complexity index is 888. The Morgan fingerprint density at radius 1 is 1.11 bits per heavy atom. The smallest absolute Gasteiger partial charge is 0.309 e. The SMILES string of the molecule is NCCNc1nc(NCCS(=O)(=O)O)nc(Nc2nc(CC(=O)O)cs2)n1. The van der Waals surface area contributed by atoms with Crippen LogP contribution in [-0.4, -0.2) is 69.4 Å². The van der Waals surface area contributed by atoms with Gasteiger partial charge >= 0.3 is 5.97 Å². The number of thiazole rings is 1. The molecule has 2 heterocycles. The van der Waals surface area contributed by atoms with E-state index in [9.17, 15) is 13.2 Å². The predicted molar refractivity (Wildman–Crippen MR) is 99.0 cm³/mol. The van der Waals surface area contributed by atoms with Gasteiger partial charge in [-0.15, -0.1) is 11.3 Å². The van der Waals surface area contributed by atoms with Crippen LogP contribution in [0.5, 0.6) is 0 Å². The molecular weight excluding hydrogens is 400 g/mol. The molecule has 0 radical (unpaired) electrons. The molecule has 0 amide bonds. The number of aliphatic carboxylic acids is 1. The summed E-state index contributed by atoms with van der Waals surface area (Å²) in [5, 5.41) is 19.1. The van der Waals surface area contributed by atoms with E-state index < -0.39 is 21.8 Å². The lowest BCUT2D eigenvalue weighted by Crippen LogP contribution is -2.19. The quantitative estimate of drug-likeness (QED) is 0.252. The van der Waals surface area contributed by atoms with Gasteiger partial charge in [-0.2, -0.15) is 23.4 Å². The van der Waals surface area contributed by atoms with E-state index in [2.05, 4.69) is 35.9 Å². The van der Waals surface area contributed by atoms with Gasteiger partial charge in [0.05, 0.1) is 17.9 Å². The molecule has 15 heteroatoms. The molecule has 7 N–H and O–H groups in total. The van der Waals surface area contributed by atoms with Crippen molar-refractivity contribution >= 4 is 50.4 Å². The molecule has 148 valence electrons. The van der Waals surface area contributed by atoms with Crippen molar-refractivity contribution in [1.29, 1.82) is 0 Å². The maximum atomic E-state index is 10.8. The first-order valence-electron chi connectivity index (χ1n) is 7.57. The summed E-state index contributed by atoms with van der Waals surface area (Å²) in [5.74, 6) is -1.15. The first-order chi connectivity index (χ1) is 12.7. The van der Waals surface area contributed by atoms with Gasteiger partial charge in [-0.3, -0.25) is 14.7 Å². The van der Waals surface area contributed by atoms with Crippen LogP contribution in [0.2, 0.25) is 0 Å². The van der Waals surface area contributed by atoms with E-state index >= 15 is 0 Å². The zero-order chi connectivity index (χ0) is 19.9. The van der Waals surface area contributed by atoms with E-state index in [-0.39, 0.29) is 30.8 Å². The second kappa shape index (κ2) is 9.36. The molecule has 0 bridgehead atoms. The van der Waals surface area contributed by atoms with Gasteiger partial charge in [-0.25, -0.2) is 4.98 Å². The molecule has 2 rings (SSSR count). The van der Waals surface area contributed by atoms with Gasteiger partial charge in [0.25, 0.3) is 10.1 Å². The molecule has 0 aliphatic rings. The average molecular weight is 418 g/mol. The number of hydrogen-bond donors (Lipinski definition) is 6. The molecule has 2 aromatic rings. The molecule has 0 saturated heterocycles. The molecule has 0 fully saturated rings. The molecule has 2 aromatic heterocycles. The number of carboxylic acid groups (broad SMARTS) is 1. The Labute approximate surface area is 158 Å². The first-order valence-corrected chi connectivity index (χ1v) is 10.1. The van der Waals surface area contributed by atoms with E-state index in [1.54, 1.807) is 5.38 Å². The summed E-state index contributed by atoms with van der Waals surface area (Å²) >= 11 is 1.18. The second-order valence-corrected chi connectivity index (χ2v) is 7.50. The standard InChI is InChI=1S/C12H18N8O5S2/c13-1-2-14-9-17-10(15-3-4-27(23,24)25)19-11(18-9)20-12-16-7(6-26-12)5-8(21)22/h6H,1-5,13H2,(H,21,22)(H,23,24,25)(H3,14,15,16,17,18,19,20). The normalized spacial score (nSPS) is 11.2. The molecule has 0 unspecified atom stereocenters. The lowest BCUT2D eigenvalue weighted by atomic mass is 10.3. The van der Waals surface area contributed by atoms with E-state index in [0.717, 1.165) is 0 Å². The lowest BCUT2D eigenvalue weighted by Gasteiger charge is -2.09. The van der Waals surface area contributed by atoms with Gasteiger partial charge in [0, 0.05) is 25.0 Å². The minimum absolute atomic E-state index is 0.0676. The van der Waals surface area contributed by atoms with Crippen molar-refractivity contribution in [3.63, 3.8) is 0 Å². The Morgan fingerprint density at radius 3 is 2.33 bits per heavy atom. The highest BCUT2D eigenvalue weighted by Gasteiger charge is 2.11. The molecule has 0 aliphatic carbocycles. The second-order valence-electron chi connectivity index (χ2n) is 5.07. The number of hydrogen-bond acceptors (Lipinski definition) is 12. The highest BCUT2D eigenvalue weighted by molar-refractivity contribution is 7.85. The highest BCUT2D eigenvalue weighted by Crippen LogP contribution is 2.20. The van der Waals surface area contributed by atoms with Crippen molar-refractivity contribution in [1.82, 2.24) is 19.9 Å². The summed E-state index contributed by atoms with van der Waals surface area (Å²) in [4.78, 5) is 27.1. The van der Waals surface area contributed by atoms with Crippen molar-refractivity contribution in [2.45, 2.75) is 6.42 Å². The topological polar surface area (TPSA) is 205 Å². The van der Waals surface area contributed by atoms with Gasteiger partial charge in [-0.1, -0.05) is 0 Å². The van der Waals surface area contributed by atoms with Crippen LogP contribution in [0.15, 0.2) is 5.38 Å². The number of nitrogens with two attached hydrogens (primary N) is 1. The summed E-state index contributed by atoms with van der Waals surface area (Å²) in [6.45, 7) is 0.623. The third-order valence-corrected chi connectivity index (χ3v) is 4.34. The molecule has 0 saturated carbocycles. The van der Waals surface area contributed by atoms with Crippen LogP contribution in [0, 0.1) is 0 Å². The summed E-state index contributed by atoms with van der Waals surface area (Å²) in [7, 11) is -4.12. The number of carbonyl (C=O) groups is 1. The third kappa shape index (κ3) is 7.65. The molecule has 27 heavy (non-hydrogen) atoms. The van der Waals surface area contributed by atoms with Crippen molar-refractivity contribution in [2.75, 3.05) is 41.3 Å². The minimum Gasteiger partial charge on any atom is -0.481 e. The first kappa shape index (κ1) is 20.7. The van der Waals surface area contributed by atoms with Crippen molar-refractivity contribution in [3.05, 3.63) is 11.1 Å². The predicted octanol–water partition coefficient (Wildman–Crippen LogP) is -0.631. The Balaban J connectivity index is 2.14. The fraction of sp³-hybridized carbons (Fsp3) is 0.417. The van der Waals surface area contributed by atoms with Crippen LogP contribution in [-0.2, 0) is 21.3 Å². The minimum atomic E-state index is -4.12. The Morgan fingerprint density at radius 2 is 1.74 bits per heavy atom. The fourth-order valence-corrected chi connectivity index (χ4v) is 2.83. The van der Waals surface area contributed by atoms with Crippen molar-refractivity contribution < 1.29 is 22.9 Å². The van der Waals surface area contributed by atoms with Crippen LogP contribution in [0.25, 0.3) is 0 Å². The Kier molecular flexibility index (Phi) is 7.17. The molecule has 13 nitrogen and oxygen atoms in total. The van der Waals surface area contributed by atoms with Crippen molar-refractivity contribution in [3.8, 4) is 0 Å². The molecule has 0 atom stereocenters. The largest absolute Gasteiger partial charge is 0.481 e. The van der Waals surface area contributed by atoms with Gasteiger partial charge in [0.1, 0.15) is 0 Å². The molecule has 0 aromatic carbocycles. The third-order valence-electron chi connectivity index (χ3n) is 2.81. The van der Waals surface area contributed by atoms with Crippen LogP contribution in [0.4, 0.5) is 23.0 Å². The summed E-state index contributed by atoms with van der Waals surface area (Å²) < 4.78 is 30.4. The number of aromatic nitrogens is 4. The van der Waals surface area contributed by atoms with E-state index in [4.69, 9.17) is 15.4 Å². The molecule has 0 aliphatic heterocycles. The zero-order valence-electron chi connectivity index (χ0n) is 13.9. The highest BCUT2D eigenvalue weighted by atomic mass is 32.2. The number of carboxylic acids is 1. The average Bonchev–Trinajstić information content (AvgIpc) is 2.97. The summed E-state index contributed by atoms with van der Waals surface area (Å²) in [5.41, 5.74) is 5.82. The van der Waals surface area contributed by atoms with Gasteiger partial charge < -0.3 is 21.5 Å². The number of rotatable bonds is 11. The van der Waals surface area contributed by atoms with E-state index in [1.807, 2.05) is 0 Å². The van der Waals surface area contributed by atoms with Gasteiger partial charge in [0.15, 0.2) is 5.13 Å².